The van der Waals surface area contributed by atoms with Crippen LogP contribution in [0.5, 0.6) is 0 Å². The van der Waals surface area contributed by atoms with E-state index in [1.807, 2.05) is 13.8 Å². The van der Waals surface area contributed by atoms with Gasteiger partial charge in [-0.15, -0.1) is 0 Å². The van der Waals surface area contributed by atoms with Crippen molar-refractivity contribution in [1.29, 1.82) is 0 Å². The molecule has 10 nitrogen and oxygen atoms in total. The fourth-order valence-electron chi connectivity index (χ4n) is 11.7. The molecule has 2 aromatic heterocycles. The number of methoxy groups -OCH3 is 1. The van der Waals surface area contributed by atoms with Gasteiger partial charge in [0, 0.05) is 70.3 Å². The van der Waals surface area contributed by atoms with Crippen LogP contribution < -0.4 is 21.2 Å². The van der Waals surface area contributed by atoms with Crippen LogP contribution >= 0.6 is 0 Å². The van der Waals surface area contributed by atoms with Crippen LogP contribution in [0.3, 0.4) is 0 Å². The van der Waals surface area contributed by atoms with Crippen LogP contribution in [0.2, 0.25) is 0 Å². The Bertz CT molecular complexity index is 2270. The van der Waals surface area contributed by atoms with E-state index in [4.69, 9.17) is 9.47 Å². The van der Waals surface area contributed by atoms with Crippen LogP contribution in [0.4, 0.5) is 0 Å². The minimum atomic E-state index is -0.992. The Hall–Kier alpha value is -4.31. The molecule has 5 N–H and O–H groups in total. The van der Waals surface area contributed by atoms with Gasteiger partial charge in [0.2, 0.25) is 0 Å². The average Bonchev–Trinajstić information content (AvgIpc) is 4.00. The third-order valence-electron chi connectivity index (χ3n) is 15.8. The second-order valence-electron chi connectivity index (χ2n) is 21.0. The Morgan fingerprint density at radius 1 is 0.877 bits per heavy atom. The van der Waals surface area contributed by atoms with E-state index in [-0.39, 0.29) is 66.3 Å². The first-order valence-electron chi connectivity index (χ1n) is 25.2. The molecule has 0 unspecified atom stereocenters. The highest BCUT2D eigenvalue weighted by Crippen LogP contribution is 2.42. The fourth-order valence-corrected chi connectivity index (χ4v) is 11.7. The quantitative estimate of drug-likeness (QED) is 0.0502. The van der Waals surface area contributed by atoms with Gasteiger partial charge in [0.1, 0.15) is 18.3 Å². The number of fused-ring (bicyclic) bond motifs is 8. The first-order valence-corrected chi connectivity index (χ1v) is 25.2. The van der Waals surface area contributed by atoms with Gasteiger partial charge in [0.25, 0.3) is 0 Å². The normalized spacial score (nSPS) is 26.4. The Kier molecular flexibility index (Phi) is 17.0. The maximum atomic E-state index is 13.7. The Labute approximate surface area is 389 Å². The van der Waals surface area contributed by atoms with E-state index in [0.29, 0.717) is 23.6 Å². The lowest BCUT2D eigenvalue weighted by Gasteiger charge is -2.26. The summed E-state index contributed by atoms with van der Waals surface area (Å²) in [4.78, 5) is 47.8. The zero-order chi connectivity index (χ0) is 47.3. The number of esters is 2. The smallest absolute Gasteiger partial charge is 0.320 e. The molecular weight excluding hydrogens is 813 g/mol. The Morgan fingerprint density at radius 2 is 1.54 bits per heavy atom. The van der Waals surface area contributed by atoms with Crippen molar-refractivity contribution in [2.24, 2.45) is 47.3 Å². The van der Waals surface area contributed by atoms with Crippen molar-refractivity contribution in [1.82, 2.24) is 20.6 Å². The molecule has 10 heteroatoms. The summed E-state index contributed by atoms with van der Waals surface area (Å²) in [6.07, 6.45) is 19.9. The molecule has 6 rings (SSSR count). The molecule has 3 aliphatic heterocycles. The van der Waals surface area contributed by atoms with Crippen LogP contribution in [-0.2, 0) is 25.5 Å². The zero-order valence-electron chi connectivity index (χ0n) is 41.9. The van der Waals surface area contributed by atoms with E-state index in [2.05, 4.69) is 94.2 Å². The molecule has 2 aromatic rings. The molecule has 5 heterocycles. The molecule has 65 heavy (non-hydrogen) atoms. The van der Waals surface area contributed by atoms with Gasteiger partial charge in [-0.2, -0.15) is 0 Å². The number of carbonyl (C=O) groups excluding carboxylic acids is 3. The minimum Gasteiger partial charge on any atom is -0.510 e. The van der Waals surface area contributed by atoms with Crippen molar-refractivity contribution >= 4 is 41.2 Å². The summed E-state index contributed by atoms with van der Waals surface area (Å²) in [6.45, 7) is 24.1. The highest BCUT2D eigenvalue weighted by molar-refractivity contribution is 5.99. The third kappa shape index (κ3) is 11.3. The van der Waals surface area contributed by atoms with Gasteiger partial charge in [-0.3, -0.25) is 14.4 Å². The molecule has 8 bridgehead atoms. The van der Waals surface area contributed by atoms with Gasteiger partial charge in [-0.05, 0) is 118 Å². The van der Waals surface area contributed by atoms with E-state index in [1.54, 1.807) is 6.92 Å². The number of hydrogen-bond donors (Lipinski definition) is 5. The van der Waals surface area contributed by atoms with Crippen LogP contribution in [-0.4, -0.2) is 58.6 Å². The molecule has 0 saturated carbocycles. The Morgan fingerprint density at radius 3 is 2.18 bits per heavy atom. The number of H-pyrrole nitrogens is 2. The van der Waals surface area contributed by atoms with E-state index in [1.165, 1.54) is 57.6 Å². The molecule has 4 aliphatic rings. The molecule has 0 spiro atoms. The lowest BCUT2D eigenvalue weighted by Crippen LogP contribution is -2.40. The zero-order valence-corrected chi connectivity index (χ0v) is 41.9. The molecular formula is C55H82N4O6. The van der Waals surface area contributed by atoms with Crippen molar-refractivity contribution in [3.63, 3.8) is 0 Å². The van der Waals surface area contributed by atoms with E-state index >= 15 is 0 Å². The summed E-state index contributed by atoms with van der Waals surface area (Å²) in [7, 11) is 1.36. The van der Waals surface area contributed by atoms with Crippen molar-refractivity contribution in [2.75, 3.05) is 13.7 Å². The summed E-state index contributed by atoms with van der Waals surface area (Å²) < 4.78 is 11.2. The number of hydrogen-bond acceptors (Lipinski definition) is 8. The number of aliphatic hydroxyl groups excluding tert-OH is 1. The summed E-state index contributed by atoms with van der Waals surface area (Å²) >= 11 is 0. The number of rotatable bonds is 20. The summed E-state index contributed by atoms with van der Waals surface area (Å²) in [5, 5.41) is 21.0. The maximum absolute atomic E-state index is 13.7. The largest absolute Gasteiger partial charge is 0.510 e. The van der Waals surface area contributed by atoms with Crippen molar-refractivity contribution in [3.8, 4) is 0 Å². The van der Waals surface area contributed by atoms with Crippen molar-refractivity contribution < 1.29 is 29.0 Å². The first kappa shape index (κ1) is 50.1. The second-order valence-corrected chi connectivity index (χ2v) is 21.0. The number of Topliss-reactive ketones (excluding diaryl/α,β-unsaturated/α-hetero) is 1. The monoisotopic (exact) mass is 895 g/mol. The summed E-state index contributed by atoms with van der Waals surface area (Å²) in [5.41, 5.74) is 9.24. The number of allylic oxidation sites excluding steroid dienone is 3. The molecule has 0 radical (unpaired) electrons. The van der Waals surface area contributed by atoms with Gasteiger partial charge >= 0.3 is 11.9 Å². The van der Waals surface area contributed by atoms with Crippen LogP contribution in [0.15, 0.2) is 23.0 Å². The Balaban J connectivity index is 1.19. The minimum absolute atomic E-state index is 0.0112. The predicted octanol–water partition coefficient (Wildman–Crippen LogP) is 10.3. The highest BCUT2D eigenvalue weighted by atomic mass is 16.5. The first-order chi connectivity index (χ1) is 30.9. The maximum Gasteiger partial charge on any atom is 0.320 e. The van der Waals surface area contributed by atoms with Gasteiger partial charge in [0.05, 0.1) is 18.2 Å². The molecule has 358 valence electrons. The number of aliphatic hydroxyl groups is 1. The lowest BCUT2D eigenvalue weighted by atomic mass is 9.79. The standard InChI is InChI=1S/C55H82N4O6/c1-13-39-34(7)41-29-46-48(38(11)60)36(9)43(57-46)27-42-35(8)40(52(58-42)50-51(55(63)64-12)54(62)49-37(10)44(59-53(49)50)28-45(39)56-41)23-24-47(61)65-26-25-33(6)22-16-21-32(5)20-15-19-31(4)18-14-17-30(2)3/h25,28-32,34-35,39-40,42,51-52,56-59,62H,13-24,26-27H2,1-12H3/b33-25+,41-29-,45-28-/t31-,32-,34-,35+,39-,40+,42-,51-,52-/m1/s1. The van der Waals surface area contributed by atoms with Crippen LogP contribution in [0, 0.1) is 61.2 Å². The van der Waals surface area contributed by atoms with Crippen LogP contribution in [0.1, 0.15) is 178 Å². The lowest BCUT2D eigenvalue weighted by molar-refractivity contribution is -0.143. The SMILES string of the molecule is CC[C@H]1/C2=C/c3[nH]c4c(c3C)=C(O)[C@H](C(=O)OC)C=4[C@@H]3N[C@H](Cc4[nH]c(c(C(C)=O)c4C)/C=C(\N2)[C@@H]1C)[C@@H](C)[C@@H]3CCC(=O)OC/C=C(\C)CCC[C@H](C)CCC[C@H](C)CCCC(C)C. The molecule has 2 fully saturated rings. The molecule has 2 saturated heterocycles. The van der Waals surface area contributed by atoms with Gasteiger partial charge in [0.15, 0.2) is 5.78 Å². The number of aromatic amines is 2. The molecule has 0 amide bonds. The van der Waals surface area contributed by atoms with Crippen LogP contribution in [0.25, 0.3) is 23.5 Å². The highest BCUT2D eigenvalue weighted by Gasteiger charge is 2.48. The number of ether oxygens (including phenoxy) is 2. The van der Waals surface area contributed by atoms with Gasteiger partial charge < -0.3 is 35.2 Å². The molecule has 9 atom stereocenters. The fraction of sp³-hybridized carbons (Fsp3) is 0.655. The number of aromatic nitrogens is 2. The van der Waals surface area contributed by atoms with Gasteiger partial charge in [-0.25, -0.2) is 0 Å². The topological polar surface area (TPSA) is 146 Å². The third-order valence-corrected chi connectivity index (χ3v) is 15.8. The van der Waals surface area contributed by atoms with E-state index in [0.717, 1.165) is 87.5 Å². The van der Waals surface area contributed by atoms with Crippen molar-refractivity contribution in [3.05, 3.63) is 67.4 Å². The number of ketones is 1. The van der Waals surface area contributed by atoms with Crippen molar-refractivity contribution in [2.45, 2.75) is 172 Å². The van der Waals surface area contributed by atoms with E-state index < -0.39 is 11.9 Å². The molecule has 0 aromatic carbocycles. The molecule has 1 aliphatic carbocycles. The second kappa shape index (κ2) is 22.0. The van der Waals surface area contributed by atoms with Gasteiger partial charge in [-0.1, -0.05) is 99.0 Å². The number of carbonyl (C=O) groups is 3. The summed E-state index contributed by atoms with van der Waals surface area (Å²) in [6, 6.07) is -0.444. The van der Waals surface area contributed by atoms with E-state index in [9.17, 15) is 19.5 Å². The summed E-state index contributed by atoms with van der Waals surface area (Å²) in [5.74, 6) is 0.934. The average molecular weight is 895 g/mol. The number of nitrogens with one attached hydrogen (secondary N) is 4. The predicted molar refractivity (Wildman–Crippen MR) is 263 cm³/mol.